The van der Waals surface area contributed by atoms with E-state index < -0.39 is 0 Å². The van der Waals surface area contributed by atoms with Crippen molar-refractivity contribution >= 4 is 44.9 Å². The quantitative estimate of drug-likeness (QED) is 0.449. The van der Waals surface area contributed by atoms with Gasteiger partial charge in [0.2, 0.25) is 5.91 Å². The molecule has 0 fully saturated rings. The number of anilines is 1. The van der Waals surface area contributed by atoms with Gasteiger partial charge in [0, 0.05) is 23.8 Å². The number of carbonyl (C=O) groups is 1. The number of para-hydroxylation sites is 1. The molecule has 0 aliphatic carbocycles. The van der Waals surface area contributed by atoms with E-state index in [2.05, 4.69) is 26.3 Å². The molecule has 4 aromatic rings. The van der Waals surface area contributed by atoms with Gasteiger partial charge in [-0.1, -0.05) is 12.1 Å². The number of thioether (sulfide) groups is 1. The number of hydrogen-bond acceptors (Lipinski definition) is 7. The van der Waals surface area contributed by atoms with Gasteiger partial charge in [0.25, 0.3) is 0 Å². The van der Waals surface area contributed by atoms with Crippen LogP contribution in [0.15, 0.2) is 60.9 Å². The molecule has 1 amide bonds. The summed E-state index contributed by atoms with van der Waals surface area (Å²) in [5.41, 5.74) is 2.68. The van der Waals surface area contributed by atoms with Crippen LogP contribution in [0.3, 0.4) is 0 Å². The molecule has 0 radical (unpaired) electrons. The molecule has 1 N–H and O–H groups in total. The van der Waals surface area contributed by atoms with Gasteiger partial charge in [-0.25, -0.2) is 15.0 Å². The minimum absolute atomic E-state index is 0.0423. The van der Waals surface area contributed by atoms with E-state index >= 15 is 0 Å². The van der Waals surface area contributed by atoms with E-state index in [4.69, 9.17) is 4.74 Å². The maximum atomic E-state index is 12.3. The van der Waals surface area contributed by atoms with Crippen LogP contribution in [0, 0.1) is 6.92 Å². The van der Waals surface area contributed by atoms with Gasteiger partial charge >= 0.3 is 6.01 Å². The second-order valence-electron chi connectivity index (χ2n) is 6.23. The molecule has 2 aromatic heterocycles. The number of fused-ring (bicyclic) bond motifs is 1. The Morgan fingerprint density at radius 1 is 1.14 bits per heavy atom. The number of aromatic nitrogens is 3. The zero-order valence-electron chi connectivity index (χ0n) is 15.7. The third-order valence-corrected chi connectivity index (χ3v) is 6.18. The number of nitrogens with zero attached hydrogens (tertiary/aromatic N) is 3. The van der Waals surface area contributed by atoms with Gasteiger partial charge in [-0.15, -0.1) is 23.1 Å². The Kier molecular flexibility index (Phi) is 6.02. The number of rotatable bonds is 7. The summed E-state index contributed by atoms with van der Waals surface area (Å²) in [4.78, 5) is 25.0. The minimum atomic E-state index is -0.0423. The molecular formula is C21H18N4O2S2. The lowest BCUT2D eigenvalue weighted by Gasteiger charge is -2.10. The molecule has 6 nitrogen and oxygen atoms in total. The molecule has 0 saturated heterocycles. The summed E-state index contributed by atoms with van der Waals surface area (Å²) in [6, 6.07) is 15.5. The maximum absolute atomic E-state index is 12.3. The van der Waals surface area contributed by atoms with Crippen LogP contribution in [0.4, 0.5) is 5.69 Å². The first-order valence-electron chi connectivity index (χ1n) is 8.95. The molecule has 0 unspecified atom stereocenters. The van der Waals surface area contributed by atoms with Crippen LogP contribution >= 0.6 is 23.1 Å². The number of benzene rings is 2. The lowest BCUT2D eigenvalue weighted by molar-refractivity contribution is -0.113. The number of ether oxygens (including phenoxy) is 1. The van der Waals surface area contributed by atoms with Crippen molar-refractivity contribution in [3.63, 3.8) is 0 Å². The van der Waals surface area contributed by atoms with E-state index in [-0.39, 0.29) is 11.9 Å². The Morgan fingerprint density at radius 3 is 2.76 bits per heavy atom. The van der Waals surface area contributed by atoms with Crippen LogP contribution in [0.2, 0.25) is 0 Å². The summed E-state index contributed by atoms with van der Waals surface area (Å²) in [6.07, 6.45) is 3.24. The average Bonchev–Trinajstić information content (AvgIpc) is 3.14. The fourth-order valence-electron chi connectivity index (χ4n) is 2.68. The Morgan fingerprint density at radius 2 is 1.97 bits per heavy atom. The van der Waals surface area contributed by atoms with Crippen LogP contribution in [0.25, 0.3) is 10.2 Å². The Balaban J connectivity index is 1.29. The summed E-state index contributed by atoms with van der Waals surface area (Å²) in [5, 5.41) is 3.98. The first-order valence-corrected chi connectivity index (χ1v) is 10.9. The van der Waals surface area contributed by atoms with Gasteiger partial charge in [0.1, 0.15) is 10.8 Å². The van der Waals surface area contributed by atoms with Crippen LogP contribution in [0.1, 0.15) is 10.6 Å². The maximum Gasteiger partial charge on any atom is 0.321 e. The fourth-order valence-corrected chi connectivity index (χ4v) is 4.53. The number of nitrogens with one attached hydrogen (secondary N) is 1. The number of amides is 1. The van der Waals surface area contributed by atoms with Crippen molar-refractivity contribution in [2.75, 3.05) is 11.1 Å². The Hall–Kier alpha value is -2.97. The highest BCUT2D eigenvalue weighted by Gasteiger charge is 2.09. The second-order valence-corrected chi connectivity index (χ2v) is 8.33. The van der Waals surface area contributed by atoms with Gasteiger partial charge < -0.3 is 10.1 Å². The third kappa shape index (κ3) is 5.10. The zero-order chi connectivity index (χ0) is 20.1. The standard InChI is InChI=1S/C21H18N4O2S2/c1-14-11-15(27-21-22-9-4-10-23-21)7-8-16(14)24-19(26)12-28-13-20-25-17-5-2-3-6-18(17)29-20/h2-11H,12-13H2,1H3,(H,24,26). The summed E-state index contributed by atoms with van der Waals surface area (Å²) in [7, 11) is 0. The van der Waals surface area contributed by atoms with Gasteiger partial charge in [-0.2, -0.15) is 0 Å². The Labute approximate surface area is 176 Å². The van der Waals surface area contributed by atoms with E-state index in [1.165, 1.54) is 4.70 Å². The van der Waals surface area contributed by atoms with E-state index in [9.17, 15) is 4.79 Å². The topological polar surface area (TPSA) is 77.0 Å². The van der Waals surface area contributed by atoms with E-state index in [0.29, 0.717) is 11.5 Å². The third-order valence-electron chi connectivity index (χ3n) is 4.02. The van der Waals surface area contributed by atoms with Crippen molar-refractivity contribution in [3.05, 3.63) is 71.5 Å². The van der Waals surface area contributed by atoms with Crippen LogP contribution in [-0.4, -0.2) is 26.6 Å². The van der Waals surface area contributed by atoms with E-state index in [0.717, 1.165) is 27.5 Å². The molecule has 0 saturated carbocycles. The molecule has 0 aliphatic rings. The van der Waals surface area contributed by atoms with Crippen molar-refractivity contribution in [1.82, 2.24) is 15.0 Å². The molecule has 146 valence electrons. The van der Waals surface area contributed by atoms with Gasteiger partial charge in [-0.05, 0) is 48.9 Å². The minimum Gasteiger partial charge on any atom is -0.424 e. The smallest absolute Gasteiger partial charge is 0.321 e. The molecule has 4 rings (SSSR count). The highest BCUT2D eigenvalue weighted by atomic mass is 32.2. The highest BCUT2D eigenvalue weighted by molar-refractivity contribution is 7.99. The van der Waals surface area contributed by atoms with Crippen molar-refractivity contribution in [2.45, 2.75) is 12.7 Å². The van der Waals surface area contributed by atoms with Gasteiger partial charge in [-0.3, -0.25) is 4.79 Å². The van der Waals surface area contributed by atoms with Crippen LogP contribution in [-0.2, 0) is 10.5 Å². The first kappa shape index (κ1) is 19.4. The molecule has 29 heavy (non-hydrogen) atoms. The lowest BCUT2D eigenvalue weighted by atomic mass is 10.2. The van der Waals surface area contributed by atoms with Gasteiger partial charge in [0.15, 0.2) is 0 Å². The summed E-state index contributed by atoms with van der Waals surface area (Å²) < 4.78 is 6.79. The van der Waals surface area contributed by atoms with Crippen molar-refractivity contribution < 1.29 is 9.53 Å². The van der Waals surface area contributed by atoms with Crippen LogP contribution in [0.5, 0.6) is 11.8 Å². The fraction of sp³-hybridized carbons (Fsp3) is 0.143. The number of aryl methyl sites for hydroxylation is 1. The first-order chi connectivity index (χ1) is 14.2. The normalized spacial score (nSPS) is 10.8. The van der Waals surface area contributed by atoms with E-state index in [1.807, 2.05) is 37.3 Å². The number of hydrogen-bond donors (Lipinski definition) is 1. The molecule has 0 spiro atoms. The molecule has 0 aliphatic heterocycles. The molecular weight excluding hydrogens is 404 g/mol. The molecule has 0 bridgehead atoms. The largest absolute Gasteiger partial charge is 0.424 e. The molecule has 8 heteroatoms. The van der Waals surface area contributed by atoms with Crippen molar-refractivity contribution in [3.8, 4) is 11.8 Å². The lowest BCUT2D eigenvalue weighted by Crippen LogP contribution is -2.15. The molecule has 2 heterocycles. The molecule has 2 aromatic carbocycles. The van der Waals surface area contributed by atoms with E-state index in [1.54, 1.807) is 47.6 Å². The predicted molar refractivity (Wildman–Crippen MR) is 118 cm³/mol. The Bertz CT molecular complexity index is 1100. The summed E-state index contributed by atoms with van der Waals surface area (Å²) in [6.45, 7) is 1.92. The molecule has 0 atom stereocenters. The SMILES string of the molecule is Cc1cc(Oc2ncccn2)ccc1NC(=O)CSCc1nc2ccccc2s1. The summed E-state index contributed by atoms with van der Waals surface area (Å²) >= 11 is 3.22. The second kappa shape index (κ2) is 9.02. The highest BCUT2D eigenvalue weighted by Crippen LogP contribution is 2.26. The predicted octanol–water partition coefficient (Wildman–Crippen LogP) is 5.06. The number of thiazole rings is 1. The average molecular weight is 423 g/mol. The summed E-state index contributed by atoms with van der Waals surface area (Å²) in [5.74, 6) is 1.66. The van der Waals surface area contributed by atoms with Gasteiger partial charge in [0.05, 0.1) is 16.0 Å². The van der Waals surface area contributed by atoms with Crippen molar-refractivity contribution in [1.29, 1.82) is 0 Å². The van der Waals surface area contributed by atoms with Crippen LogP contribution < -0.4 is 10.1 Å². The zero-order valence-corrected chi connectivity index (χ0v) is 17.3. The number of carbonyl (C=O) groups excluding carboxylic acids is 1. The monoisotopic (exact) mass is 422 g/mol. The van der Waals surface area contributed by atoms with Crippen molar-refractivity contribution in [2.24, 2.45) is 0 Å².